The van der Waals surface area contributed by atoms with Gasteiger partial charge < -0.3 is 14.7 Å². The van der Waals surface area contributed by atoms with Crippen molar-refractivity contribution in [3.63, 3.8) is 0 Å². The Hall–Kier alpha value is -2.30. The summed E-state index contributed by atoms with van der Waals surface area (Å²) in [4.78, 5) is 24.9. The minimum atomic E-state index is -1.07. The van der Waals surface area contributed by atoms with E-state index in [1.807, 2.05) is 24.3 Å². The van der Waals surface area contributed by atoms with Crippen LogP contribution >= 0.6 is 0 Å². The molecule has 20 heavy (non-hydrogen) atoms. The predicted octanol–water partition coefficient (Wildman–Crippen LogP) is 1.83. The van der Waals surface area contributed by atoms with E-state index in [9.17, 15) is 9.59 Å². The molecule has 0 aromatic heterocycles. The average molecular weight is 275 g/mol. The molecule has 0 aliphatic carbocycles. The Kier molecular flexibility index (Phi) is 4.08. The summed E-state index contributed by atoms with van der Waals surface area (Å²) in [7, 11) is 0. The number of para-hydroxylation sites is 1. The molecule has 1 aliphatic heterocycles. The zero-order chi connectivity index (χ0) is 14.7. The lowest BCUT2D eigenvalue weighted by Gasteiger charge is -2.20. The fraction of sp³-hybridized carbons (Fsp3) is 0.333. The van der Waals surface area contributed by atoms with Crippen molar-refractivity contribution in [3.8, 4) is 5.75 Å². The van der Waals surface area contributed by atoms with E-state index in [0.29, 0.717) is 19.7 Å². The summed E-state index contributed by atoms with van der Waals surface area (Å²) in [5.41, 5.74) is 1.27. The van der Waals surface area contributed by atoms with Gasteiger partial charge in [0.15, 0.2) is 0 Å². The number of nitrogens with zero attached hydrogens (tertiary/aromatic N) is 1. The highest BCUT2D eigenvalue weighted by Gasteiger charge is 2.22. The van der Waals surface area contributed by atoms with Gasteiger partial charge in [0, 0.05) is 23.3 Å². The summed E-state index contributed by atoms with van der Waals surface area (Å²) in [6.45, 7) is 4.26. The van der Waals surface area contributed by atoms with E-state index in [2.05, 4.69) is 0 Å². The van der Waals surface area contributed by atoms with Gasteiger partial charge in [-0.2, -0.15) is 0 Å². The molecular formula is C15H17NO4. The lowest BCUT2D eigenvalue weighted by Crippen LogP contribution is -2.33. The van der Waals surface area contributed by atoms with E-state index >= 15 is 0 Å². The fourth-order valence-corrected chi connectivity index (χ4v) is 2.06. The molecule has 5 nitrogen and oxygen atoms in total. The van der Waals surface area contributed by atoms with Crippen LogP contribution in [-0.4, -0.2) is 35.0 Å². The van der Waals surface area contributed by atoms with Crippen molar-refractivity contribution in [2.45, 2.75) is 20.4 Å². The van der Waals surface area contributed by atoms with Crippen LogP contribution in [0.2, 0.25) is 0 Å². The maximum absolute atomic E-state index is 12.4. The molecule has 1 aromatic carbocycles. The maximum atomic E-state index is 12.4. The van der Waals surface area contributed by atoms with Crippen molar-refractivity contribution in [1.29, 1.82) is 0 Å². The Morgan fingerprint density at radius 3 is 2.60 bits per heavy atom. The number of ether oxygens (including phenoxy) is 1. The minimum absolute atomic E-state index is 0.0773. The number of carboxylic acids is 1. The summed E-state index contributed by atoms with van der Waals surface area (Å²) < 4.78 is 5.59. The van der Waals surface area contributed by atoms with Gasteiger partial charge in [-0.3, -0.25) is 4.79 Å². The van der Waals surface area contributed by atoms with Crippen LogP contribution in [0.15, 0.2) is 35.4 Å². The predicted molar refractivity (Wildman–Crippen MR) is 73.4 cm³/mol. The number of amides is 1. The number of carbonyl (C=O) groups is 2. The first kappa shape index (κ1) is 14.1. The first-order chi connectivity index (χ1) is 9.50. The standard InChI is InChI=1S/C15H17NO4/c1-10(11(2)15(18)19)14(17)16-7-8-20-13-6-4-3-5-12(13)9-16/h3-6H,7-9H2,1-2H3,(H,18,19). The number of carboxylic acid groups (broad SMARTS) is 1. The Morgan fingerprint density at radius 2 is 1.90 bits per heavy atom. The lowest BCUT2D eigenvalue weighted by atomic mass is 10.1. The van der Waals surface area contributed by atoms with Crippen molar-refractivity contribution in [1.82, 2.24) is 4.90 Å². The molecule has 106 valence electrons. The van der Waals surface area contributed by atoms with Crippen LogP contribution in [0, 0.1) is 0 Å². The molecule has 1 aliphatic rings. The fourth-order valence-electron chi connectivity index (χ4n) is 2.06. The maximum Gasteiger partial charge on any atom is 0.331 e. The third-order valence-electron chi connectivity index (χ3n) is 3.44. The highest BCUT2D eigenvalue weighted by Crippen LogP contribution is 2.23. The molecular weight excluding hydrogens is 258 g/mol. The van der Waals surface area contributed by atoms with Crippen molar-refractivity contribution < 1.29 is 19.4 Å². The van der Waals surface area contributed by atoms with E-state index in [-0.39, 0.29) is 17.1 Å². The molecule has 1 aromatic rings. The highest BCUT2D eigenvalue weighted by molar-refractivity contribution is 6.01. The molecule has 5 heteroatoms. The zero-order valence-electron chi connectivity index (χ0n) is 11.5. The summed E-state index contributed by atoms with van der Waals surface area (Å²) in [5, 5.41) is 8.96. The summed E-state index contributed by atoms with van der Waals surface area (Å²) in [6, 6.07) is 7.55. The van der Waals surface area contributed by atoms with Gasteiger partial charge >= 0.3 is 5.97 Å². The van der Waals surface area contributed by atoms with Crippen LogP contribution in [0.4, 0.5) is 0 Å². The molecule has 1 amide bonds. The third-order valence-corrected chi connectivity index (χ3v) is 3.44. The van der Waals surface area contributed by atoms with E-state index in [0.717, 1.165) is 11.3 Å². The average Bonchev–Trinajstić information content (AvgIpc) is 2.66. The van der Waals surface area contributed by atoms with E-state index < -0.39 is 5.97 Å². The molecule has 0 fully saturated rings. The summed E-state index contributed by atoms with van der Waals surface area (Å²) in [5.74, 6) is -0.549. The number of hydrogen-bond acceptors (Lipinski definition) is 3. The molecule has 1 heterocycles. The largest absolute Gasteiger partial charge is 0.491 e. The number of rotatable bonds is 2. The van der Waals surface area contributed by atoms with Crippen LogP contribution in [-0.2, 0) is 16.1 Å². The van der Waals surface area contributed by atoms with Gasteiger partial charge in [0.05, 0.1) is 6.54 Å². The third kappa shape index (κ3) is 2.82. The van der Waals surface area contributed by atoms with Crippen molar-refractivity contribution in [2.75, 3.05) is 13.2 Å². The quantitative estimate of drug-likeness (QED) is 0.836. The minimum Gasteiger partial charge on any atom is -0.491 e. The van der Waals surface area contributed by atoms with Gasteiger partial charge in [-0.1, -0.05) is 18.2 Å². The summed E-state index contributed by atoms with van der Waals surface area (Å²) in [6.07, 6.45) is 0. The van der Waals surface area contributed by atoms with Crippen LogP contribution in [0.3, 0.4) is 0 Å². The topological polar surface area (TPSA) is 66.8 Å². The van der Waals surface area contributed by atoms with Crippen molar-refractivity contribution in [2.24, 2.45) is 0 Å². The molecule has 0 saturated carbocycles. The van der Waals surface area contributed by atoms with E-state index in [4.69, 9.17) is 9.84 Å². The zero-order valence-corrected chi connectivity index (χ0v) is 11.5. The van der Waals surface area contributed by atoms with Gasteiger partial charge in [-0.15, -0.1) is 0 Å². The van der Waals surface area contributed by atoms with E-state index in [1.54, 1.807) is 11.8 Å². The lowest BCUT2D eigenvalue weighted by molar-refractivity contribution is -0.134. The molecule has 0 radical (unpaired) electrons. The first-order valence-electron chi connectivity index (χ1n) is 6.41. The summed E-state index contributed by atoms with van der Waals surface area (Å²) >= 11 is 0. The van der Waals surface area contributed by atoms with Crippen molar-refractivity contribution >= 4 is 11.9 Å². The Labute approximate surface area is 117 Å². The molecule has 0 bridgehead atoms. The second-order valence-corrected chi connectivity index (χ2v) is 4.74. The molecule has 0 unspecified atom stereocenters. The van der Waals surface area contributed by atoms with Crippen LogP contribution < -0.4 is 4.74 Å². The second kappa shape index (κ2) is 5.77. The van der Waals surface area contributed by atoms with Gasteiger partial charge in [-0.25, -0.2) is 4.79 Å². The second-order valence-electron chi connectivity index (χ2n) is 4.74. The van der Waals surface area contributed by atoms with Gasteiger partial charge in [-0.05, 0) is 19.9 Å². The number of carbonyl (C=O) groups excluding carboxylic acids is 1. The number of aliphatic carboxylic acids is 1. The molecule has 1 N–H and O–H groups in total. The van der Waals surface area contributed by atoms with Gasteiger partial charge in [0.25, 0.3) is 0 Å². The van der Waals surface area contributed by atoms with Crippen molar-refractivity contribution in [3.05, 3.63) is 41.0 Å². The molecule has 0 atom stereocenters. The monoisotopic (exact) mass is 275 g/mol. The molecule has 0 saturated heterocycles. The van der Waals surface area contributed by atoms with Gasteiger partial charge in [0.1, 0.15) is 12.4 Å². The molecule has 2 rings (SSSR count). The number of benzene rings is 1. The Morgan fingerprint density at radius 1 is 1.20 bits per heavy atom. The van der Waals surface area contributed by atoms with Crippen LogP contribution in [0.5, 0.6) is 5.75 Å². The Bertz CT molecular complexity index is 577. The molecule has 0 spiro atoms. The van der Waals surface area contributed by atoms with E-state index in [1.165, 1.54) is 6.92 Å². The highest BCUT2D eigenvalue weighted by atomic mass is 16.5. The van der Waals surface area contributed by atoms with Gasteiger partial charge in [0.2, 0.25) is 5.91 Å². The smallest absolute Gasteiger partial charge is 0.331 e. The SMILES string of the molecule is CC(C(=O)O)=C(C)C(=O)N1CCOc2ccccc2C1. The van der Waals surface area contributed by atoms with Crippen LogP contribution in [0.25, 0.3) is 0 Å². The normalized spacial score (nSPS) is 15.6. The first-order valence-corrected chi connectivity index (χ1v) is 6.41. The number of fused-ring (bicyclic) bond motifs is 1. The number of hydrogen-bond donors (Lipinski definition) is 1. The Balaban J connectivity index is 2.24. The van der Waals surface area contributed by atoms with Crippen LogP contribution in [0.1, 0.15) is 19.4 Å².